The minimum atomic E-state index is -0.425. The molecule has 0 aliphatic carbocycles. The van der Waals surface area contributed by atoms with Gasteiger partial charge < -0.3 is 24.1 Å². The summed E-state index contributed by atoms with van der Waals surface area (Å²) in [5, 5.41) is 15.0. The average molecular weight is 565 g/mol. The second-order valence-electron chi connectivity index (χ2n) is 9.27. The third-order valence-electron chi connectivity index (χ3n) is 6.79. The molecular formula is C31H24N4O5S. The van der Waals surface area contributed by atoms with Crippen LogP contribution in [0.15, 0.2) is 114 Å². The van der Waals surface area contributed by atoms with Crippen molar-refractivity contribution in [2.75, 3.05) is 12.0 Å². The fraction of sp³-hybridized carbons (Fsp3) is 0.0968. The number of methoxy groups -OCH3 is 1. The number of nitro groups is 1. The van der Waals surface area contributed by atoms with E-state index in [2.05, 4.69) is 10.3 Å². The van der Waals surface area contributed by atoms with Crippen molar-refractivity contribution >= 4 is 28.7 Å². The maximum absolute atomic E-state index is 11.1. The number of hydrogen-bond acceptors (Lipinski definition) is 7. The minimum absolute atomic E-state index is 0.0201. The first-order valence-electron chi connectivity index (χ1n) is 12.8. The fourth-order valence-corrected chi connectivity index (χ4v) is 5.14. The Balaban J connectivity index is 1.32. The molecule has 0 unspecified atom stereocenters. The highest BCUT2D eigenvalue weighted by atomic mass is 32.1. The average Bonchev–Trinajstić information content (AvgIpc) is 3.63. The summed E-state index contributed by atoms with van der Waals surface area (Å²) < 4.78 is 17.6. The topological polar surface area (TPSA) is 103 Å². The predicted octanol–water partition coefficient (Wildman–Crippen LogP) is 7.23. The van der Waals surface area contributed by atoms with Crippen LogP contribution in [0.3, 0.4) is 0 Å². The minimum Gasteiger partial charge on any atom is -0.497 e. The highest BCUT2D eigenvalue weighted by Gasteiger charge is 2.42. The van der Waals surface area contributed by atoms with Crippen molar-refractivity contribution in [3.63, 3.8) is 0 Å². The SMILES string of the molecule is COc1ccc(Oc2ccc(N3C(=S)N[C@H](c4ccccn4)[C@@H]3c3ccc(-c4ccc([N+](=O)[O-])cc4)o3)cc2)cc1. The van der Waals surface area contributed by atoms with Crippen molar-refractivity contribution in [2.24, 2.45) is 0 Å². The van der Waals surface area contributed by atoms with Gasteiger partial charge in [0.15, 0.2) is 5.11 Å². The van der Waals surface area contributed by atoms with Gasteiger partial charge in [-0.25, -0.2) is 0 Å². The zero-order chi connectivity index (χ0) is 28.3. The molecule has 5 aromatic rings. The molecule has 0 bridgehead atoms. The van der Waals surface area contributed by atoms with E-state index in [1.54, 1.807) is 25.4 Å². The van der Waals surface area contributed by atoms with Gasteiger partial charge in [0.2, 0.25) is 0 Å². The van der Waals surface area contributed by atoms with Crippen LogP contribution < -0.4 is 19.7 Å². The van der Waals surface area contributed by atoms with Crippen LogP contribution in [-0.4, -0.2) is 22.1 Å². The molecule has 1 N–H and O–H groups in total. The Morgan fingerprint density at radius 3 is 2.22 bits per heavy atom. The summed E-state index contributed by atoms with van der Waals surface area (Å²) >= 11 is 5.82. The van der Waals surface area contributed by atoms with E-state index in [-0.39, 0.29) is 17.8 Å². The number of pyridine rings is 1. The molecule has 1 aliphatic heterocycles. The number of rotatable bonds is 8. The van der Waals surface area contributed by atoms with Crippen LogP contribution in [-0.2, 0) is 0 Å². The second kappa shape index (κ2) is 11.1. The Hall–Kier alpha value is -5.22. The number of thiocarbonyl (C=S) groups is 1. The van der Waals surface area contributed by atoms with Crippen LogP contribution in [0.5, 0.6) is 17.2 Å². The van der Waals surface area contributed by atoms with Gasteiger partial charge in [-0.15, -0.1) is 0 Å². The maximum Gasteiger partial charge on any atom is 0.269 e. The molecule has 1 saturated heterocycles. The van der Waals surface area contributed by atoms with Crippen LogP contribution in [0.25, 0.3) is 11.3 Å². The van der Waals surface area contributed by atoms with Crippen molar-refractivity contribution in [1.82, 2.24) is 10.3 Å². The number of nitro benzene ring substituents is 1. The summed E-state index contributed by atoms with van der Waals surface area (Å²) in [6, 6.07) is 30.2. The van der Waals surface area contributed by atoms with Crippen molar-refractivity contribution in [2.45, 2.75) is 12.1 Å². The fourth-order valence-electron chi connectivity index (χ4n) is 4.79. The molecule has 3 heterocycles. The molecular weight excluding hydrogens is 540 g/mol. The van der Waals surface area contributed by atoms with Gasteiger partial charge in [-0.2, -0.15) is 0 Å². The summed E-state index contributed by atoms with van der Waals surface area (Å²) in [5.41, 5.74) is 2.42. The summed E-state index contributed by atoms with van der Waals surface area (Å²) in [6.45, 7) is 0. The number of nitrogens with one attached hydrogen (secondary N) is 1. The number of benzene rings is 3. The lowest BCUT2D eigenvalue weighted by Gasteiger charge is -2.26. The largest absolute Gasteiger partial charge is 0.497 e. The lowest BCUT2D eigenvalue weighted by molar-refractivity contribution is -0.384. The lowest BCUT2D eigenvalue weighted by atomic mass is 10.0. The predicted molar refractivity (Wildman–Crippen MR) is 158 cm³/mol. The molecule has 0 amide bonds. The van der Waals surface area contributed by atoms with E-state index < -0.39 is 4.92 Å². The first kappa shape index (κ1) is 26.0. The van der Waals surface area contributed by atoms with E-state index in [1.165, 1.54) is 12.1 Å². The van der Waals surface area contributed by atoms with Crippen molar-refractivity contribution in [3.05, 3.63) is 131 Å². The highest BCUT2D eigenvalue weighted by molar-refractivity contribution is 7.80. The number of nitrogens with zero attached hydrogens (tertiary/aromatic N) is 3. The Kier molecular flexibility index (Phi) is 7.05. The van der Waals surface area contributed by atoms with Gasteiger partial charge in [-0.1, -0.05) is 6.07 Å². The number of aromatic nitrogens is 1. The first-order valence-corrected chi connectivity index (χ1v) is 13.2. The standard InChI is InChI=1S/C31H24N4O5S/c1-38-23-13-15-25(16-14-23)39-24-11-9-21(10-12-24)34-30(29(33-31(34)41)26-4-2-3-19-32-26)28-18-17-27(40-28)20-5-7-22(8-6-20)35(36)37/h2-19,29-30H,1H3,(H,33,41)/t29-,30+/m1/s1. The number of anilines is 1. The van der Waals surface area contributed by atoms with Crippen LogP contribution in [0.1, 0.15) is 23.5 Å². The molecule has 3 aromatic carbocycles. The summed E-state index contributed by atoms with van der Waals surface area (Å²) in [4.78, 5) is 17.2. The monoisotopic (exact) mass is 564 g/mol. The van der Waals surface area contributed by atoms with Crippen LogP contribution in [0.2, 0.25) is 0 Å². The molecule has 2 aromatic heterocycles. The van der Waals surface area contributed by atoms with Gasteiger partial charge in [0.1, 0.15) is 34.8 Å². The van der Waals surface area contributed by atoms with Crippen molar-refractivity contribution < 1.29 is 18.8 Å². The van der Waals surface area contributed by atoms with Gasteiger partial charge in [-0.3, -0.25) is 15.1 Å². The molecule has 10 heteroatoms. The van der Waals surface area contributed by atoms with Crippen LogP contribution in [0, 0.1) is 10.1 Å². The first-order chi connectivity index (χ1) is 20.0. The number of non-ortho nitro benzene ring substituents is 1. The van der Waals surface area contributed by atoms with Crippen LogP contribution in [0.4, 0.5) is 11.4 Å². The molecule has 0 spiro atoms. The van der Waals surface area contributed by atoms with Gasteiger partial charge in [-0.05, 0) is 97.1 Å². The van der Waals surface area contributed by atoms with E-state index in [0.717, 1.165) is 22.7 Å². The van der Waals surface area contributed by atoms with E-state index in [0.29, 0.717) is 28.1 Å². The third-order valence-corrected chi connectivity index (χ3v) is 7.10. The number of ether oxygens (including phenoxy) is 2. The zero-order valence-corrected chi connectivity index (χ0v) is 22.7. The molecule has 1 fully saturated rings. The van der Waals surface area contributed by atoms with Gasteiger partial charge in [0.25, 0.3) is 5.69 Å². The third kappa shape index (κ3) is 5.32. The molecule has 0 saturated carbocycles. The molecule has 204 valence electrons. The van der Waals surface area contributed by atoms with Gasteiger partial charge in [0, 0.05) is 29.6 Å². The van der Waals surface area contributed by atoms with Crippen LogP contribution >= 0.6 is 12.2 Å². The normalized spacial score (nSPS) is 16.3. The van der Waals surface area contributed by atoms with E-state index in [1.807, 2.05) is 83.8 Å². The Morgan fingerprint density at radius 1 is 0.902 bits per heavy atom. The quantitative estimate of drug-likeness (QED) is 0.119. The lowest BCUT2D eigenvalue weighted by Crippen LogP contribution is -2.29. The molecule has 1 aliphatic rings. The van der Waals surface area contributed by atoms with Crippen molar-refractivity contribution in [1.29, 1.82) is 0 Å². The molecule has 41 heavy (non-hydrogen) atoms. The number of furan rings is 1. The van der Waals surface area contributed by atoms with Crippen molar-refractivity contribution in [3.8, 4) is 28.6 Å². The summed E-state index contributed by atoms with van der Waals surface area (Å²) in [5.74, 6) is 3.38. The Labute approximate surface area is 241 Å². The zero-order valence-electron chi connectivity index (χ0n) is 21.8. The Morgan fingerprint density at radius 2 is 1.59 bits per heavy atom. The maximum atomic E-state index is 11.1. The summed E-state index contributed by atoms with van der Waals surface area (Å²) in [7, 11) is 1.62. The summed E-state index contributed by atoms with van der Waals surface area (Å²) in [6.07, 6.45) is 1.75. The van der Waals surface area contributed by atoms with E-state index >= 15 is 0 Å². The number of hydrogen-bond donors (Lipinski definition) is 1. The highest BCUT2D eigenvalue weighted by Crippen LogP contribution is 2.43. The molecule has 6 rings (SSSR count). The van der Waals surface area contributed by atoms with E-state index in [4.69, 9.17) is 26.1 Å². The molecule has 0 radical (unpaired) electrons. The Bertz CT molecular complexity index is 1670. The van der Waals surface area contributed by atoms with Gasteiger partial charge in [0.05, 0.1) is 23.8 Å². The van der Waals surface area contributed by atoms with Gasteiger partial charge >= 0.3 is 0 Å². The molecule has 9 nitrogen and oxygen atoms in total. The second-order valence-corrected chi connectivity index (χ2v) is 9.66. The molecule has 2 atom stereocenters. The van der Waals surface area contributed by atoms with E-state index in [9.17, 15) is 10.1 Å². The smallest absolute Gasteiger partial charge is 0.269 e.